The van der Waals surface area contributed by atoms with Gasteiger partial charge in [0.1, 0.15) is 0 Å². The predicted molar refractivity (Wildman–Crippen MR) is 39.8 cm³/mol. The minimum Gasteiger partial charge on any atom is -0.329 e. The van der Waals surface area contributed by atoms with Crippen molar-refractivity contribution in [2.75, 3.05) is 7.05 Å². The highest BCUT2D eigenvalue weighted by molar-refractivity contribution is 5.07. The molecule has 3 nitrogen and oxygen atoms in total. The van der Waals surface area contributed by atoms with Gasteiger partial charge >= 0.3 is 0 Å². The molecule has 0 aliphatic heterocycles. The molecular weight excluding hydrogens is 128 g/mol. The zero-order chi connectivity index (χ0) is 7.40. The Morgan fingerprint density at radius 2 is 2.40 bits per heavy atom. The summed E-state index contributed by atoms with van der Waals surface area (Å²) < 4.78 is 0. The first-order valence-electron chi connectivity index (χ1n) is 3.15. The van der Waals surface area contributed by atoms with Crippen LogP contribution in [0.4, 0.5) is 0 Å². The van der Waals surface area contributed by atoms with Crippen molar-refractivity contribution in [1.82, 2.24) is 10.3 Å². The first kappa shape index (κ1) is 7.02. The van der Waals surface area contributed by atoms with Crippen molar-refractivity contribution in [3.63, 3.8) is 0 Å². The summed E-state index contributed by atoms with van der Waals surface area (Å²) in [7, 11) is 1.87. The van der Waals surface area contributed by atoms with E-state index in [-0.39, 0.29) is 5.56 Å². The van der Waals surface area contributed by atoms with E-state index in [1.165, 1.54) is 6.07 Å². The van der Waals surface area contributed by atoms with Gasteiger partial charge in [-0.15, -0.1) is 0 Å². The molecule has 0 aliphatic rings. The summed E-state index contributed by atoms with van der Waals surface area (Å²) in [5, 5.41) is 2.98. The Hall–Kier alpha value is -1.09. The summed E-state index contributed by atoms with van der Waals surface area (Å²) in [6, 6.07) is 3.32. The Balaban J connectivity index is 2.79. The van der Waals surface area contributed by atoms with Crippen LogP contribution in [0.5, 0.6) is 0 Å². The van der Waals surface area contributed by atoms with Crippen LogP contribution in [0.15, 0.2) is 23.1 Å². The van der Waals surface area contributed by atoms with Crippen LogP contribution in [0.25, 0.3) is 0 Å². The molecule has 0 radical (unpaired) electrons. The van der Waals surface area contributed by atoms with Gasteiger partial charge in [-0.25, -0.2) is 0 Å². The summed E-state index contributed by atoms with van der Waals surface area (Å²) in [5.74, 6) is 0. The van der Waals surface area contributed by atoms with E-state index in [0.717, 1.165) is 12.1 Å². The quantitative estimate of drug-likeness (QED) is 0.608. The average Bonchev–Trinajstić information content (AvgIpc) is 1.95. The first-order chi connectivity index (χ1) is 4.83. The lowest BCUT2D eigenvalue weighted by atomic mass is 10.3. The predicted octanol–water partition coefficient (Wildman–Crippen LogP) is 0.0943. The maximum absolute atomic E-state index is 10.5. The minimum absolute atomic E-state index is 0.0557. The molecule has 1 rings (SSSR count). The number of aromatic nitrogens is 1. The van der Waals surface area contributed by atoms with Gasteiger partial charge in [0.15, 0.2) is 0 Å². The monoisotopic (exact) mass is 138 g/mol. The highest BCUT2D eigenvalue weighted by Crippen LogP contribution is 1.89. The summed E-state index contributed by atoms with van der Waals surface area (Å²) in [6.45, 7) is 0.788. The molecule has 0 bridgehead atoms. The molecule has 0 fully saturated rings. The number of H-pyrrole nitrogens is 1. The van der Waals surface area contributed by atoms with E-state index >= 15 is 0 Å². The Labute approximate surface area is 59.1 Å². The fourth-order valence-electron chi connectivity index (χ4n) is 0.757. The smallest absolute Gasteiger partial charge is 0.247 e. The van der Waals surface area contributed by atoms with Gasteiger partial charge in [-0.05, 0) is 12.6 Å². The van der Waals surface area contributed by atoms with E-state index < -0.39 is 0 Å². The number of pyridine rings is 1. The van der Waals surface area contributed by atoms with E-state index in [4.69, 9.17) is 0 Å². The Morgan fingerprint density at radius 1 is 1.60 bits per heavy atom. The summed E-state index contributed by atoms with van der Waals surface area (Å²) in [4.78, 5) is 13.1. The second-order valence-corrected chi connectivity index (χ2v) is 2.09. The molecule has 0 saturated heterocycles. The molecule has 1 aromatic heterocycles. The van der Waals surface area contributed by atoms with Crippen molar-refractivity contribution in [1.29, 1.82) is 0 Å². The van der Waals surface area contributed by atoms with E-state index in [1.54, 1.807) is 12.3 Å². The lowest BCUT2D eigenvalue weighted by Crippen LogP contribution is -2.08. The molecule has 0 amide bonds. The number of hydrogen-bond donors (Lipinski definition) is 2. The van der Waals surface area contributed by atoms with Crippen LogP contribution in [-0.2, 0) is 6.54 Å². The van der Waals surface area contributed by atoms with Crippen molar-refractivity contribution in [2.24, 2.45) is 0 Å². The van der Waals surface area contributed by atoms with Gasteiger partial charge in [0.2, 0.25) is 5.56 Å². The zero-order valence-corrected chi connectivity index (χ0v) is 5.85. The second-order valence-electron chi connectivity index (χ2n) is 2.09. The average molecular weight is 138 g/mol. The molecule has 0 spiro atoms. The topological polar surface area (TPSA) is 44.9 Å². The van der Waals surface area contributed by atoms with Gasteiger partial charge < -0.3 is 10.3 Å². The Bertz CT molecular complexity index is 234. The molecule has 54 valence electrons. The summed E-state index contributed by atoms with van der Waals surface area (Å²) in [6.07, 6.45) is 1.71. The number of hydrogen-bond acceptors (Lipinski definition) is 2. The lowest BCUT2D eigenvalue weighted by Gasteiger charge is -1.95. The van der Waals surface area contributed by atoms with Crippen LogP contribution in [0.2, 0.25) is 0 Å². The third-order valence-corrected chi connectivity index (χ3v) is 1.23. The normalized spacial score (nSPS) is 9.70. The van der Waals surface area contributed by atoms with Gasteiger partial charge in [-0.3, -0.25) is 4.79 Å². The molecule has 3 heteroatoms. The van der Waals surface area contributed by atoms with E-state index in [2.05, 4.69) is 10.3 Å². The van der Waals surface area contributed by atoms with Gasteiger partial charge in [0.25, 0.3) is 0 Å². The molecule has 0 aromatic carbocycles. The first-order valence-corrected chi connectivity index (χ1v) is 3.15. The highest BCUT2D eigenvalue weighted by Gasteiger charge is 1.87. The van der Waals surface area contributed by atoms with Crippen LogP contribution >= 0.6 is 0 Å². The SMILES string of the molecule is CNCc1ccc(=O)[nH]c1. The van der Waals surface area contributed by atoms with Gasteiger partial charge in [0.05, 0.1) is 0 Å². The van der Waals surface area contributed by atoms with Gasteiger partial charge in [-0.1, -0.05) is 6.07 Å². The second kappa shape index (κ2) is 3.17. The molecule has 0 atom stereocenters. The Kier molecular flexibility index (Phi) is 2.23. The van der Waals surface area contributed by atoms with Crippen LogP contribution in [0.1, 0.15) is 5.56 Å². The zero-order valence-electron chi connectivity index (χ0n) is 5.85. The molecule has 0 saturated carbocycles. The van der Waals surface area contributed by atoms with E-state index in [0.29, 0.717) is 0 Å². The molecule has 0 unspecified atom stereocenters. The van der Waals surface area contributed by atoms with Crippen LogP contribution < -0.4 is 10.9 Å². The molecule has 0 aliphatic carbocycles. The third kappa shape index (κ3) is 1.70. The van der Waals surface area contributed by atoms with Gasteiger partial charge in [-0.2, -0.15) is 0 Å². The fourth-order valence-corrected chi connectivity index (χ4v) is 0.757. The van der Waals surface area contributed by atoms with Crippen LogP contribution in [-0.4, -0.2) is 12.0 Å². The number of nitrogens with one attached hydrogen (secondary N) is 2. The minimum atomic E-state index is -0.0557. The van der Waals surface area contributed by atoms with Gasteiger partial charge in [0, 0.05) is 18.8 Å². The van der Waals surface area contributed by atoms with Crippen molar-refractivity contribution >= 4 is 0 Å². The number of aromatic amines is 1. The van der Waals surface area contributed by atoms with Crippen molar-refractivity contribution in [2.45, 2.75) is 6.54 Å². The number of rotatable bonds is 2. The fraction of sp³-hybridized carbons (Fsp3) is 0.286. The molecule has 2 N–H and O–H groups in total. The third-order valence-electron chi connectivity index (χ3n) is 1.23. The summed E-state index contributed by atoms with van der Waals surface area (Å²) in [5.41, 5.74) is 1.03. The van der Waals surface area contributed by atoms with Crippen LogP contribution in [0, 0.1) is 0 Å². The van der Waals surface area contributed by atoms with Crippen molar-refractivity contribution in [3.8, 4) is 0 Å². The highest BCUT2D eigenvalue weighted by atomic mass is 16.1. The molecular formula is C7H10N2O. The largest absolute Gasteiger partial charge is 0.329 e. The summed E-state index contributed by atoms with van der Waals surface area (Å²) >= 11 is 0. The van der Waals surface area contributed by atoms with Crippen molar-refractivity contribution < 1.29 is 0 Å². The lowest BCUT2D eigenvalue weighted by molar-refractivity contribution is 0.812. The Morgan fingerprint density at radius 3 is 2.90 bits per heavy atom. The maximum Gasteiger partial charge on any atom is 0.247 e. The van der Waals surface area contributed by atoms with E-state index in [9.17, 15) is 4.79 Å². The van der Waals surface area contributed by atoms with Crippen LogP contribution in [0.3, 0.4) is 0 Å². The van der Waals surface area contributed by atoms with Crippen molar-refractivity contribution in [3.05, 3.63) is 34.2 Å². The molecule has 1 aromatic rings. The molecule has 1 heterocycles. The standard InChI is InChI=1S/C7H10N2O/c1-8-4-6-2-3-7(10)9-5-6/h2-3,5,8H,4H2,1H3,(H,9,10). The molecule has 10 heavy (non-hydrogen) atoms. The maximum atomic E-state index is 10.5. The van der Waals surface area contributed by atoms with E-state index in [1.807, 2.05) is 7.05 Å².